The lowest BCUT2D eigenvalue weighted by Crippen LogP contribution is -2.47. The fourth-order valence-electron chi connectivity index (χ4n) is 2.65. The van der Waals surface area contributed by atoms with Gasteiger partial charge in [-0.3, -0.25) is 9.69 Å². The van der Waals surface area contributed by atoms with Crippen molar-refractivity contribution in [1.29, 1.82) is 0 Å². The molecule has 1 saturated heterocycles. The lowest BCUT2D eigenvalue weighted by Gasteiger charge is -2.26. The second-order valence-electron chi connectivity index (χ2n) is 6.10. The van der Waals surface area contributed by atoms with Gasteiger partial charge in [0.15, 0.2) is 11.5 Å². The van der Waals surface area contributed by atoms with Crippen LogP contribution in [0.1, 0.15) is 6.92 Å². The number of morpholine rings is 1. The molecule has 0 aromatic heterocycles. The Morgan fingerprint density at radius 3 is 2.52 bits per heavy atom. The minimum Gasteiger partial charge on any atom is -0.493 e. The first-order chi connectivity index (χ1) is 12.9. The number of methoxy groups -OCH3 is 2. The second kappa shape index (κ2) is 9.88. The number of amides is 1. The standard InChI is InChI=1S/C17H27N3O6S/c1-13(17(21)18-6-7-20-8-10-26-11-9-20)19-27(22,23)14-4-5-15(24-2)16(12-14)25-3/h4-5,12-13,19H,6-11H2,1-3H3,(H,18,21)/t13-/m1/s1. The summed E-state index contributed by atoms with van der Waals surface area (Å²) in [6.07, 6.45) is 0. The summed E-state index contributed by atoms with van der Waals surface area (Å²) in [7, 11) is -0.992. The van der Waals surface area contributed by atoms with Crippen LogP contribution in [0.2, 0.25) is 0 Å². The van der Waals surface area contributed by atoms with Crippen LogP contribution < -0.4 is 19.5 Å². The van der Waals surface area contributed by atoms with Crippen LogP contribution in [0.5, 0.6) is 11.5 Å². The van der Waals surface area contributed by atoms with Crippen molar-refractivity contribution in [3.63, 3.8) is 0 Å². The van der Waals surface area contributed by atoms with Gasteiger partial charge in [-0.25, -0.2) is 8.42 Å². The molecule has 152 valence electrons. The van der Waals surface area contributed by atoms with E-state index in [1.54, 1.807) is 0 Å². The number of ether oxygens (including phenoxy) is 3. The molecule has 9 nitrogen and oxygen atoms in total. The van der Waals surface area contributed by atoms with Crippen LogP contribution in [0.3, 0.4) is 0 Å². The summed E-state index contributed by atoms with van der Waals surface area (Å²) in [6, 6.07) is 3.34. The molecule has 1 aromatic carbocycles. The number of benzene rings is 1. The zero-order valence-electron chi connectivity index (χ0n) is 15.9. The average molecular weight is 401 g/mol. The highest BCUT2D eigenvalue weighted by molar-refractivity contribution is 7.89. The Morgan fingerprint density at radius 2 is 1.89 bits per heavy atom. The van der Waals surface area contributed by atoms with Crippen LogP contribution in [-0.4, -0.2) is 78.9 Å². The Kier molecular flexibility index (Phi) is 7.84. The van der Waals surface area contributed by atoms with Gasteiger partial charge in [-0.05, 0) is 19.1 Å². The summed E-state index contributed by atoms with van der Waals surface area (Å²) in [6.45, 7) is 5.69. The van der Waals surface area contributed by atoms with E-state index in [1.165, 1.54) is 39.3 Å². The second-order valence-corrected chi connectivity index (χ2v) is 7.82. The van der Waals surface area contributed by atoms with E-state index in [1.807, 2.05) is 0 Å². The monoisotopic (exact) mass is 401 g/mol. The van der Waals surface area contributed by atoms with Gasteiger partial charge in [0.05, 0.1) is 38.4 Å². The molecular weight excluding hydrogens is 374 g/mol. The first kappa shape index (κ1) is 21.4. The molecule has 27 heavy (non-hydrogen) atoms. The lowest BCUT2D eigenvalue weighted by atomic mass is 10.3. The van der Waals surface area contributed by atoms with Crippen LogP contribution >= 0.6 is 0 Å². The number of rotatable bonds is 9. The molecule has 1 aliphatic heterocycles. The van der Waals surface area contributed by atoms with Crippen molar-refractivity contribution in [1.82, 2.24) is 14.9 Å². The van der Waals surface area contributed by atoms with Gasteiger partial charge in [-0.2, -0.15) is 4.72 Å². The summed E-state index contributed by atoms with van der Waals surface area (Å²) in [5.41, 5.74) is 0. The predicted octanol–water partition coefficient (Wildman–Crippen LogP) is -0.181. The van der Waals surface area contributed by atoms with E-state index in [2.05, 4.69) is 14.9 Å². The Hall–Kier alpha value is -1.88. The third-order valence-corrected chi connectivity index (χ3v) is 5.76. The van der Waals surface area contributed by atoms with E-state index in [4.69, 9.17) is 14.2 Å². The van der Waals surface area contributed by atoms with Crippen LogP contribution in [-0.2, 0) is 19.6 Å². The number of hydrogen-bond donors (Lipinski definition) is 2. The topological polar surface area (TPSA) is 106 Å². The Morgan fingerprint density at radius 1 is 1.22 bits per heavy atom. The first-order valence-corrected chi connectivity index (χ1v) is 10.2. The zero-order valence-corrected chi connectivity index (χ0v) is 16.7. The van der Waals surface area contributed by atoms with Crippen molar-refractivity contribution in [2.24, 2.45) is 0 Å². The molecule has 1 aliphatic rings. The van der Waals surface area contributed by atoms with Gasteiger partial charge in [-0.15, -0.1) is 0 Å². The highest BCUT2D eigenvalue weighted by Gasteiger charge is 2.23. The van der Waals surface area contributed by atoms with Gasteiger partial charge >= 0.3 is 0 Å². The van der Waals surface area contributed by atoms with Crippen LogP contribution in [0, 0.1) is 0 Å². The highest BCUT2D eigenvalue weighted by atomic mass is 32.2. The van der Waals surface area contributed by atoms with Crippen molar-refractivity contribution in [2.45, 2.75) is 17.9 Å². The SMILES string of the molecule is COc1ccc(S(=O)(=O)N[C@H](C)C(=O)NCCN2CCOCC2)cc1OC. The van der Waals surface area contributed by atoms with Gasteiger partial charge in [0.1, 0.15) is 0 Å². The zero-order chi connectivity index (χ0) is 19.9. The molecule has 2 rings (SSSR count). The molecule has 10 heteroatoms. The number of hydrogen-bond acceptors (Lipinski definition) is 7. The van der Waals surface area contributed by atoms with Crippen LogP contribution in [0.4, 0.5) is 0 Å². The van der Waals surface area contributed by atoms with Crippen molar-refractivity contribution in [2.75, 3.05) is 53.6 Å². The van der Waals surface area contributed by atoms with Crippen molar-refractivity contribution in [3.8, 4) is 11.5 Å². The minimum atomic E-state index is -3.88. The molecule has 0 unspecified atom stereocenters. The summed E-state index contributed by atoms with van der Waals surface area (Å²) in [5.74, 6) is 0.334. The van der Waals surface area contributed by atoms with Crippen LogP contribution in [0.25, 0.3) is 0 Å². The number of nitrogens with one attached hydrogen (secondary N) is 2. The fourth-order valence-corrected chi connectivity index (χ4v) is 3.87. The summed E-state index contributed by atoms with van der Waals surface area (Å²) < 4.78 is 42.9. The molecule has 1 heterocycles. The summed E-state index contributed by atoms with van der Waals surface area (Å²) in [5, 5.41) is 2.75. The number of nitrogens with zero attached hydrogens (tertiary/aromatic N) is 1. The van der Waals surface area contributed by atoms with Crippen LogP contribution in [0.15, 0.2) is 23.1 Å². The van der Waals surface area contributed by atoms with E-state index < -0.39 is 16.1 Å². The van der Waals surface area contributed by atoms with Crippen molar-refractivity contribution < 1.29 is 27.4 Å². The average Bonchev–Trinajstić information content (AvgIpc) is 2.67. The normalized spacial score (nSPS) is 16.6. The molecule has 2 N–H and O–H groups in total. The third-order valence-electron chi connectivity index (χ3n) is 4.22. The van der Waals surface area contributed by atoms with Gasteiger partial charge in [0, 0.05) is 32.2 Å². The molecule has 0 aliphatic carbocycles. The number of carbonyl (C=O) groups excluding carboxylic acids is 1. The van der Waals surface area contributed by atoms with E-state index in [9.17, 15) is 13.2 Å². The Balaban J connectivity index is 1.90. The molecule has 0 spiro atoms. The van der Waals surface area contributed by atoms with E-state index in [0.717, 1.165) is 13.1 Å². The predicted molar refractivity (Wildman–Crippen MR) is 99.6 cm³/mol. The van der Waals surface area contributed by atoms with Crippen molar-refractivity contribution >= 4 is 15.9 Å². The van der Waals surface area contributed by atoms with E-state index >= 15 is 0 Å². The van der Waals surface area contributed by atoms with Gasteiger partial charge in [-0.1, -0.05) is 0 Å². The summed E-state index contributed by atoms with van der Waals surface area (Å²) in [4.78, 5) is 14.4. The van der Waals surface area contributed by atoms with Gasteiger partial charge in [0.25, 0.3) is 0 Å². The Bertz CT molecular complexity index is 734. The van der Waals surface area contributed by atoms with Gasteiger partial charge in [0.2, 0.25) is 15.9 Å². The smallest absolute Gasteiger partial charge is 0.241 e. The maximum Gasteiger partial charge on any atom is 0.241 e. The van der Waals surface area contributed by atoms with E-state index in [0.29, 0.717) is 37.8 Å². The molecule has 1 aromatic rings. The molecule has 0 saturated carbocycles. The molecule has 0 radical (unpaired) electrons. The maximum absolute atomic E-state index is 12.5. The molecule has 0 bridgehead atoms. The highest BCUT2D eigenvalue weighted by Crippen LogP contribution is 2.29. The number of carbonyl (C=O) groups is 1. The maximum atomic E-state index is 12.5. The number of sulfonamides is 1. The quantitative estimate of drug-likeness (QED) is 0.591. The third kappa shape index (κ3) is 6.06. The minimum absolute atomic E-state index is 0.00637. The van der Waals surface area contributed by atoms with Crippen molar-refractivity contribution in [3.05, 3.63) is 18.2 Å². The van der Waals surface area contributed by atoms with E-state index in [-0.39, 0.29) is 10.8 Å². The Labute approximate surface area is 160 Å². The molecule has 1 amide bonds. The lowest BCUT2D eigenvalue weighted by molar-refractivity contribution is -0.122. The summed E-state index contributed by atoms with van der Waals surface area (Å²) >= 11 is 0. The molecular formula is C17H27N3O6S. The fraction of sp³-hybridized carbons (Fsp3) is 0.588. The largest absolute Gasteiger partial charge is 0.493 e. The first-order valence-electron chi connectivity index (χ1n) is 8.69. The molecule has 1 atom stereocenters. The molecule has 1 fully saturated rings. The van der Waals surface area contributed by atoms with Gasteiger partial charge < -0.3 is 19.5 Å².